The zero-order chi connectivity index (χ0) is 29.2. The van der Waals surface area contributed by atoms with Gasteiger partial charge in [0.2, 0.25) is 0 Å². The number of ether oxygens (including phenoxy) is 5. The number of rotatable bonds is 11. The predicted molar refractivity (Wildman–Crippen MR) is 149 cm³/mol. The molecule has 0 amide bonds. The summed E-state index contributed by atoms with van der Waals surface area (Å²) in [5, 5.41) is 6.22. The van der Waals surface area contributed by atoms with Crippen molar-refractivity contribution in [2.24, 2.45) is 0 Å². The van der Waals surface area contributed by atoms with Gasteiger partial charge in [-0.15, -0.1) is 0 Å². The zero-order valence-electron chi connectivity index (χ0n) is 22.8. The maximum atomic E-state index is 14.3. The largest absolute Gasteiger partial charge is 0.493 e. The van der Waals surface area contributed by atoms with E-state index in [1.807, 2.05) is 7.05 Å². The Balaban J connectivity index is 0.000000247. The summed E-state index contributed by atoms with van der Waals surface area (Å²) in [6.07, 6.45) is 5.41. The number of halogens is 2. The molecule has 1 saturated heterocycles. The minimum absolute atomic E-state index is 0.0844. The van der Waals surface area contributed by atoms with E-state index in [-0.39, 0.29) is 11.9 Å². The average molecular weight is 569 g/mol. The van der Waals surface area contributed by atoms with Crippen LogP contribution in [-0.2, 0) is 4.74 Å². The molecule has 2 aromatic carbocycles. The van der Waals surface area contributed by atoms with Gasteiger partial charge in [-0.3, -0.25) is 14.8 Å². The number of hydrogen-bond donors (Lipinski definition) is 2. The summed E-state index contributed by atoms with van der Waals surface area (Å²) in [7, 11) is 4.92. The molecule has 2 aromatic heterocycles. The normalized spacial score (nSPS) is 12.5. The minimum atomic E-state index is -0.812. The number of aromatic nitrogens is 2. The fraction of sp³-hybridized carbons (Fsp3) is 0.276. The van der Waals surface area contributed by atoms with Crippen molar-refractivity contribution in [1.82, 2.24) is 15.3 Å². The Morgan fingerprint density at radius 3 is 2.41 bits per heavy atom. The van der Waals surface area contributed by atoms with Gasteiger partial charge < -0.3 is 34.3 Å². The van der Waals surface area contributed by atoms with Crippen LogP contribution in [0.5, 0.6) is 28.7 Å². The van der Waals surface area contributed by atoms with Crippen molar-refractivity contribution in [1.29, 1.82) is 0 Å². The molecule has 0 radical (unpaired) electrons. The third-order valence-corrected chi connectivity index (χ3v) is 5.93. The molecule has 12 heteroatoms. The van der Waals surface area contributed by atoms with Crippen molar-refractivity contribution in [3.05, 3.63) is 72.2 Å². The van der Waals surface area contributed by atoms with Crippen LogP contribution in [0, 0.1) is 11.6 Å². The molecule has 1 aliphatic rings. The fourth-order valence-electron chi connectivity index (χ4n) is 3.72. The van der Waals surface area contributed by atoms with Crippen LogP contribution < -0.4 is 29.6 Å². The van der Waals surface area contributed by atoms with Crippen LogP contribution in [0.4, 0.5) is 14.5 Å². The number of aldehydes is 1. The van der Waals surface area contributed by atoms with E-state index in [1.165, 1.54) is 25.6 Å². The highest BCUT2D eigenvalue weighted by molar-refractivity contribution is 5.88. The van der Waals surface area contributed by atoms with E-state index in [0.717, 1.165) is 18.4 Å². The number of anilines is 1. The van der Waals surface area contributed by atoms with Crippen molar-refractivity contribution in [2.45, 2.75) is 6.10 Å². The summed E-state index contributed by atoms with van der Waals surface area (Å²) in [6.45, 7) is 2.31. The predicted octanol–water partition coefficient (Wildman–Crippen LogP) is 4.63. The third kappa shape index (κ3) is 7.35. The molecule has 0 saturated carbocycles. The number of benzene rings is 2. The van der Waals surface area contributed by atoms with Gasteiger partial charge in [-0.05, 0) is 25.2 Å². The first-order chi connectivity index (χ1) is 20.0. The summed E-state index contributed by atoms with van der Waals surface area (Å²) in [6, 6.07) is 8.92. The number of likely N-dealkylation sites (N-methyl/N-ethyl adjacent to an activating group) is 1. The molecule has 4 aromatic rings. The maximum absolute atomic E-state index is 14.3. The van der Waals surface area contributed by atoms with E-state index in [9.17, 15) is 13.6 Å². The molecule has 10 nitrogen and oxygen atoms in total. The molecule has 0 spiro atoms. The highest BCUT2D eigenvalue weighted by Gasteiger charge is 2.21. The Morgan fingerprint density at radius 2 is 1.78 bits per heavy atom. The number of fused-ring (bicyclic) bond motifs is 1. The Kier molecular flexibility index (Phi) is 10.2. The Bertz CT molecular complexity index is 1460. The lowest BCUT2D eigenvalue weighted by Gasteiger charge is -2.27. The number of carbonyl (C=O) groups is 1. The topological polar surface area (TPSA) is 113 Å². The lowest BCUT2D eigenvalue weighted by molar-refractivity contribution is -0.0798. The molecule has 0 bridgehead atoms. The molecule has 216 valence electrons. The van der Waals surface area contributed by atoms with Gasteiger partial charge in [0.05, 0.1) is 31.4 Å². The van der Waals surface area contributed by atoms with Crippen LogP contribution in [-0.4, -0.2) is 69.9 Å². The van der Waals surface area contributed by atoms with Crippen molar-refractivity contribution in [3.63, 3.8) is 0 Å². The van der Waals surface area contributed by atoms with E-state index >= 15 is 0 Å². The molecule has 0 aliphatic carbocycles. The van der Waals surface area contributed by atoms with Gasteiger partial charge in [-0.1, -0.05) is 0 Å². The van der Waals surface area contributed by atoms with Gasteiger partial charge >= 0.3 is 0 Å². The Labute approximate surface area is 235 Å². The first kappa shape index (κ1) is 29.4. The number of carbonyl (C=O) groups excluding carboxylic acids is 1. The molecule has 1 fully saturated rings. The molecular formula is C29H30F2N4O6. The van der Waals surface area contributed by atoms with Crippen LogP contribution in [0.3, 0.4) is 0 Å². The van der Waals surface area contributed by atoms with E-state index in [4.69, 9.17) is 23.7 Å². The summed E-state index contributed by atoms with van der Waals surface area (Å²) in [4.78, 5) is 18.7. The number of methoxy groups -OCH3 is 1. The summed E-state index contributed by atoms with van der Waals surface area (Å²) in [5.41, 5.74) is 1.34. The number of nitrogens with zero attached hydrogens (tertiary/aromatic N) is 2. The number of hydrogen-bond acceptors (Lipinski definition) is 10. The Hall–Kier alpha value is -4.55. The van der Waals surface area contributed by atoms with Crippen molar-refractivity contribution < 1.29 is 37.3 Å². The van der Waals surface area contributed by atoms with Gasteiger partial charge in [0.25, 0.3) is 0 Å². The van der Waals surface area contributed by atoms with Crippen LogP contribution in [0.15, 0.2) is 55.0 Å². The molecule has 5 rings (SSSR count). The first-order valence-electron chi connectivity index (χ1n) is 12.7. The van der Waals surface area contributed by atoms with Crippen LogP contribution in [0.25, 0.3) is 10.9 Å². The van der Waals surface area contributed by atoms with Gasteiger partial charge in [0.15, 0.2) is 35.2 Å². The summed E-state index contributed by atoms with van der Waals surface area (Å²) in [5.74, 6) is -0.293. The highest BCUT2D eigenvalue weighted by atomic mass is 19.1. The molecular weight excluding hydrogens is 538 g/mol. The first-order valence-corrected chi connectivity index (χ1v) is 12.7. The number of nitrogens with one attached hydrogen (secondary N) is 2. The van der Waals surface area contributed by atoms with Gasteiger partial charge in [0, 0.05) is 61.5 Å². The maximum Gasteiger partial charge on any atom is 0.198 e. The second-order valence-electron chi connectivity index (χ2n) is 8.71. The van der Waals surface area contributed by atoms with Gasteiger partial charge in [0.1, 0.15) is 24.2 Å². The zero-order valence-corrected chi connectivity index (χ0v) is 22.8. The lowest BCUT2D eigenvalue weighted by Crippen LogP contribution is -2.38. The standard InChI is InChI=1S/C20H21F2N3O3.C9H9NO3/c1-23-6-7-27-19-11-16-13(10-18(19)26-3)17(4-5-25-16)28-20-14(21)8-12(24-2)9-15(20)22;11-4-7-3-10-2-1-9(7)13-8-5-12-6-8/h4-5,8-11,23-24H,6-7H2,1-3H3;1-4,8H,5-6H2. The van der Waals surface area contributed by atoms with Gasteiger partial charge in [-0.25, -0.2) is 8.78 Å². The summed E-state index contributed by atoms with van der Waals surface area (Å²) < 4.78 is 55.7. The van der Waals surface area contributed by atoms with Crippen LogP contribution in [0.2, 0.25) is 0 Å². The van der Waals surface area contributed by atoms with E-state index < -0.39 is 17.4 Å². The highest BCUT2D eigenvalue weighted by Crippen LogP contribution is 2.38. The third-order valence-electron chi connectivity index (χ3n) is 5.93. The molecule has 3 heterocycles. The summed E-state index contributed by atoms with van der Waals surface area (Å²) >= 11 is 0. The second kappa shape index (κ2) is 14.2. The van der Waals surface area contributed by atoms with Crippen molar-refractivity contribution >= 4 is 22.9 Å². The Morgan fingerprint density at radius 1 is 1.02 bits per heavy atom. The van der Waals surface area contributed by atoms with E-state index in [0.29, 0.717) is 65.8 Å². The minimum Gasteiger partial charge on any atom is -0.493 e. The monoisotopic (exact) mass is 568 g/mol. The lowest BCUT2D eigenvalue weighted by atomic mass is 10.1. The molecule has 0 atom stereocenters. The molecule has 1 aliphatic heterocycles. The van der Waals surface area contributed by atoms with Crippen LogP contribution >= 0.6 is 0 Å². The van der Waals surface area contributed by atoms with Gasteiger partial charge in [-0.2, -0.15) is 0 Å². The van der Waals surface area contributed by atoms with E-state index in [2.05, 4.69) is 20.6 Å². The average Bonchev–Trinajstić information content (AvgIpc) is 2.97. The van der Waals surface area contributed by atoms with Crippen molar-refractivity contribution in [2.75, 3.05) is 52.9 Å². The quantitative estimate of drug-likeness (QED) is 0.196. The molecule has 0 unspecified atom stereocenters. The fourth-order valence-corrected chi connectivity index (χ4v) is 3.72. The van der Waals surface area contributed by atoms with E-state index in [1.54, 1.807) is 31.4 Å². The second-order valence-corrected chi connectivity index (χ2v) is 8.71. The van der Waals surface area contributed by atoms with Crippen molar-refractivity contribution in [3.8, 4) is 28.7 Å². The SMILES string of the molecule is CNCCOc1cc2nccc(Oc3c(F)cc(NC)cc3F)c2cc1OC.O=Cc1cnccc1OC1COC1. The van der Waals surface area contributed by atoms with Crippen LogP contribution in [0.1, 0.15) is 10.4 Å². The smallest absolute Gasteiger partial charge is 0.198 e. The number of pyridine rings is 2. The molecule has 2 N–H and O–H groups in total. The molecule has 41 heavy (non-hydrogen) atoms.